The van der Waals surface area contributed by atoms with E-state index in [2.05, 4.69) is 20.1 Å². The zero-order chi connectivity index (χ0) is 18.2. The van der Waals surface area contributed by atoms with Crippen molar-refractivity contribution in [1.29, 1.82) is 0 Å². The summed E-state index contributed by atoms with van der Waals surface area (Å²) in [6.07, 6.45) is 1.50. The molecule has 1 aliphatic carbocycles. The first-order valence-electron chi connectivity index (χ1n) is 6.95. The summed E-state index contributed by atoms with van der Waals surface area (Å²) < 4.78 is 65.4. The summed E-state index contributed by atoms with van der Waals surface area (Å²) in [5.74, 6) is -0.847. The Morgan fingerprint density at radius 1 is 1.29 bits per heavy atom. The molecule has 1 atom stereocenters. The van der Waals surface area contributed by atoms with Crippen molar-refractivity contribution in [2.45, 2.75) is 31.7 Å². The number of halogens is 4. The summed E-state index contributed by atoms with van der Waals surface area (Å²) in [5, 5.41) is 0. The van der Waals surface area contributed by atoms with E-state index in [1.165, 1.54) is 13.0 Å². The third-order valence-electron chi connectivity index (χ3n) is 3.85. The third-order valence-corrected chi connectivity index (χ3v) is 5.58. The molecule has 1 unspecified atom stereocenters. The topological polar surface area (TPSA) is 60.4 Å². The van der Waals surface area contributed by atoms with Crippen LogP contribution in [-0.4, -0.2) is 19.7 Å². The molecule has 0 aromatic heterocycles. The predicted octanol–water partition coefficient (Wildman–Crippen LogP) is 4.11. The first-order valence-corrected chi connectivity index (χ1v) is 9.15. The summed E-state index contributed by atoms with van der Waals surface area (Å²) in [4.78, 5) is 12.4. The van der Waals surface area contributed by atoms with E-state index < -0.39 is 26.8 Å². The second-order valence-electron chi connectivity index (χ2n) is 5.61. The van der Waals surface area contributed by atoms with E-state index in [1.807, 2.05) is 0 Å². The fourth-order valence-corrected chi connectivity index (χ4v) is 3.48. The molecule has 1 aromatic carbocycles. The van der Waals surface area contributed by atoms with Gasteiger partial charge in [-0.25, -0.2) is 0 Å². The second-order valence-corrected chi connectivity index (χ2v) is 8.01. The number of alkyl halides is 3. The minimum atomic E-state index is -5.83. The monoisotopic (exact) mass is 426 g/mol. The lowest BCUT2D eigenvalue weighted by Crippen LogP contribution is -2.38. The van der Waals surface area contributed by atoms with Crippen LogP contribution in [0.5, 0.6) is 0 Å². The normalized spacial score (nSPS) is 22.2. The van der Waals surface area contributed by atoms with Crippen LogP contribution in [-0.2, 0) is 25.5 Å². The molecule has 4 nitrogen and oxygen atoms in total. The number of carbonyl (C=O) groups excluding carboxylic acids is 1. The fourth-order valence-electron chi connectivity index (χ4n) is 2.47. The largest absolute Gasteiger partial charge is 0.534 e. The molecule has 0 spiro atoms. The average Bonchev–Trinajstić information content (AvgIpc) is 2.45. The van der Waals surface area contributed by atoms with Crippen molar-refractivity contribution in [2.24, 2.45) is 5.41 Å². The zero-order valence-electron chi connectivity index (χ0n) is 12.6. The van der Waals surface area contributed by atoms with Gasteiger partial charge in [-0.15, -0.1) is 0 Å². The Kier molecular flexibility index (Phi) is 5.15. The first kappa shape index (κ1) is 19.0. The van der Waals surface area contributed by atoms with Gasteiger partial charge in [-0.3, -0.25) is 4.79 Å². The smallest absolute Gasteiger partial charge is 0.380 e. The third kappa shape index (κ3) is 3.66. The van der Waals surface area contributed by atoms with Crippen molar-refractivity contribution in [2.75, 3.05) is 0 Å². The Morgan fingerprint density at radius 2 is 1.92 bits per heavy atom. The molecule has 0 heterocycles. The molecule has 1 aromatic rings. The number of carbonyl (C=O) groups is 1. The molecule has 0 saturated carbocycles. The Hall–Kier alpha value is -1.35. The van der Waals surface area contributed by atoms with Crippen molar-refractivity contribution in [1.82, 2.24) is 0 Å². The van der Waals surface area contributed by atoms with Crippen molar-refractivity contribution in [3.8, 4) is 0 Å². The number of ketones is 1. The molecule has 24 heavy (non-hydrogen) atoms. The molecule has 9 heteroatoms. The summed E-state index contributed by atoms with van der Waals surface area (Å²) in [7, 11) is -5.83. The Labute approximate surface area is 145 Å². The highest BCUT2D eigenvalue weighted by atomic mass is 79.9. The maximum absolute atomic E-state index is 12.6. The van der Waals surface area contributed by atoms with Gasteiger partial charge in [-0.2, -0.15) is 21.6 Å². The van der Waals surface area contributed by atoms with Gasteiger partial charge in [-0.05, 0) is 37.5 Å². The van der Waals surface area contributed by atoms with Crippen molar-refractivity contribution < 1.29 is 30.6 Å². The van der Waals surface area contributed by atoms with Gasteiger partial charge in [0.15, 0.2) is 0 Å². The summed E-state index contributed by atoms with van der Waals surface area (Å²) in [5.41, 5.74) is -6.38. The standard InChI is InChI=1S/C15H14BrF3O4S/c1-14(9-10-5-2-3-6-11(10)16)12(20)7-4-8-13(14)23-24(21,22)15(17,18)19/h2-3,5-6,8H,4,7,9H2,1H3. The van der Waals surface area contributed by atoms with Crippen molar-refractivity contribution in [3.63, 3.8) is 0 Å². The molecule has 132 valence electrons. The second kappa shape index (κ2) is 6.51. The molecule has 0 radical (unpaired) electrons. The predicted molar refractivity (Wildman–Crippen MR) is 84.3 cm³/mol. The van der Waals surface area contributed by atoms with Crippen LogP contribution >= 0.6 is 15.9 Å². The molecule has 0 N–H and O–H groups in total. The lowest BCUT2D eigenvalue weighted by molar-refractivity contribution is -0.128. The van der Waals surface area contributed by atoms with Crippen LogP contribution in [0, 0.1) is 5.41 Å². The van der Waals surface area contributed by atoms with Crippen molar-refractivity contribution >= 4 is 31.8 Å². The number of benzene rings is 1. The Balaban J connectivity index is 2.41. The van der Waals surface area contributed by atoms with Gasteiger partial charge in [0.25, 0.3) is 0 Å². The number of rotatable bonds is 4. The lowest BCUT2D eigenvalue weighted by Gasteiger charge is -2.33. The van der Waals surface area contributed by atoms with E-state index in [1.54, 1.807) is 24.3 Å². The average molecular weight is 427 g/mol. The van der Waals surface area contributed by atoms with E-state index >= 15 is 0 Å². The van der Waals surface area contributed by atoms with E-state index in [0.29, 0.717) is 10.0 Å². The maximum atomic E-state index is 12.6. The minimum Gasteiger partial charge on any atom is -0.380 e. The number of Topliss-reactive ketones (excluding diaryl/α,β-unsaturated/α-hetero) is 1. The summed E-state index contributed by atoms with van der Waals surface area (Å²) in [6, 6.07) is 6.89. The molecule has 0 amide bonds. The number of hydrogen-bond donors (Lipinski definition) is 0. The van der Waals surface area contributed by atoms with Gasteiger partial charge < -0.3 is 4.18 Å². The van der Waals surface area contributed by atoms with Gasteiger partial charge >= 0.3 is 15.6 Å². The highest BCUT2D eigenvalue weighted by Crippen LogP contribution is 2.42. The first-order chi connectivity index (χ1) is 11.0. The van der Waals surface area contributed by atoms with Gasteiger partial charge in [0.1, 0.15) is 11.5 Å². The zero-order valence-corrected chi connectivity index (χ0v) is 15.0. The van der Waals surface area contributed by atoms with E-state index in [-0.39, 0.29) is 25.0 Å². The van der Waals surface area contributed by atoms with Crippen LogP contribution < -0.4 is 0 Å². The molecular formula is C15H14BrF3O4S. The number of allylic oxidation sites excluding steroid dienone is 2. The molecule has 1 aliphatic rings. The van der Waals surface area contributed by atoms with E-state index in [4.69, 9.17) is 0 Å². The van der Waals surface area contributed by atoms with Gasteiger partial charge in [-0.1, -0.05) is 34.1 Å². The molecule has 0 saturated heterocycles. The van der Waals surface area contributed by atoms with E-state index in [9.17, 15) is 26.4 Å². The summed E-state index contributed by atoms with van der Waals surface area (Å²) >= 11 is 3.31. The van der Waals surface area contributed by atoms with Crippen LogP contribution in [0.25, 0.3) is 0 Å². The van der Waals surface area contributed by atoms with Crippen molar-refractivity contribution in [3.05, 3.63) is 46.1 Å². The fraction of sp³-hybridized carbons (Fsp3) is 0.400. The van der Waals surface area contributed by atoms with E-state index in [0.717, 1.165) is 0 Å². The lowest BCUT2D eigenvalue weighted by atomic mass is 9.73. The molecule has 0 aliphatic heterocycles. The highest BCUT2D eigenvalue weighted by Gasteiger charge is 2.52. The Morgan fingerprint density at radius 3 is 2.50 bits per heavy atom. The molecule has 0 fully saturated rings. The van der Waals surface area contributed by atoms with Crippen LogP contribution in [0.3, 0.4) is 0 Å². The van der Waals surface area contributed by atoms with Crippen LogP contribution in [0.2, 0.25) is 0 Å². The minimum absolute atomic E-state index is 0.0203. The molecular weight excluding hydrogens is 413 g/mol. The van der Waals surface area contributed by atoms with Gasteiger partial charge in [0, 0.05) is 10.9 Å². The van der Waals surface area contributed by atoms with Gasteiger partial charge in [0.2, 0.25) is 0 Å². The molecule has 2 rings (SSSR count). The van der Waals surface area contributed by atoms with Crippen LogP contribution in [0.1, 0.15) is 25.3 Å². The van der Waals surface area contributed by atoms with Gasteiger partial charge in [0.05, 0.1) is 5.41 Å². The summed E-state index contributed by atoms with van der Waals surface area (Å²) in [6.45, 7) is 1.39. The van der Waals surface area contributed by atoms with Crippen LogP contribution in [0.15, 0.2) is 40.6 Å². The highest BCUT2D eigenvalue weighted by molar-refractivity contribution is 9.10. The van der Waals surface area contributed by atoms with Crippen LogP contribution in [0.4, 0.5) is 13.2 Å². The maximum Gasteiger partial charge on any atom is 0.534 e. The Bertz CT molecular complexity index is 786. The SMILES string of the molecule is CC1(Cc2ccccc2Br)C(=O)CCC=C1OS(=O)(=O)C(F)(F)F. The number of hydrogen-bond acceptors (Lipinski definition) is 4. The quantitative estimate of drug-likeness (QED) is 0.536. The molecule has 0 bridgehead atoms.